The lowest BCUT2D eigenvalue weighted by molar-refractivity contribution is -0.145. The van der Waals surface area contributed by atoms with E-state index in [0.29, 0.717) is 6.61 Å². The molecule has 1 aliphatic carbocycles. The molecule has 1 N–H and O–H groups in total. The molecule has 0 aliphatic heterocycles. The molecule has 0 unspecified atom stereocenters. The van der Waals surface area contributed by atoms with Gasteiger partial charge in [-0.15, -0.1) is 0 Å². The van der Waals surface area contributed by atoms with Crippen LogP contribution in [0.4, 0.5) is 0 Å². The summed E-state index contributed by atoms with van der Waals surface area (Å²) in [6, 6.07) is 30.7. The van der Waals surface area contributed by atoms with Crippen LogP contribution < -0.4 is 15.1 Å². The zero-order chi connectivity index (χ0) is 29.7. The van der Waals surface area contributed by atoms with Crippen LogP contribution in [0.2, 0.25) is 5.04 Å². The van der Waals surface area contributed by atoms with Crippen LogP contribution in [0.5, 0.6) is 0 Å². The van der Waals surface area contributed by atoms with Crippen LogP contribution in [0.15, 0.2) is 91.0 Å². The van der Waals surface area contributed by atoms with Gasteiger partial charge in [-0.2, -0.15) is 0 Å². The number of hydrogen-bond donors (Lipinski definition) is 1. The van der Waals surface area contributed by atoms with Crippen molar-refractivity contribution in [3.05, 3.63) is 96.6 Å². The lowest BCUT2D eigenvalue weighted by atomic mass is 10.1. The SMILES string of the molecule is CC(C)(C)[S@](=O)N[C@H](CC(=O)OCc1ccccc1)[C@H]1C[C@@H]1CO[Si](c1ccccc1)(c1ccccc1)C(C)(C)C. The molecule has 0 saturated heterocycles. The topological polar surface area (TPSA) is 64.6 Å². The highest BCUT2D eigenvalue weighted by atomic mass is 32.2. The molecule has 41 heavy (non-hydrogen) atoms. The number of carbonyl (C=O) groups excluding carboxylic acids is 1. The molecule has 0 bridgehead atoms. The summed E-state index contributed by atoms with van der Waals surface area (Å²) < 4.78 is 28.8. The van der Waals surface area contributed by atoms with E-state index in [9.17, 15) is 9.00 Å². The largest absolute Gasteiger partial charge is 0.461 e. The van der Waals surface area contributed by atoms with Crippen LogP contribution in [0.1, 0.15) is 59.9 Å². The van der Waals surface area contributed by atoms with Gasteiger partial charge in [0.1, 0.15) is 6.61 Å². The Morgan fingerprint density at radius 2 is 1.39 bits per heavy atom. The van der Waals surface area contributed by atoms with Crippen LogP contribution >= 0.6 is 0 Å². The van der Waals surface area contributed by atoms with E-state index in [1.54, 1.807) is 0 Å². The first-order valence-electron chi connectivity index (χ1n) is 14.5. The second-order valence-electron chi connectivity index (χ2n) is 13.1. The summed E-state index contributed by atoms with van der Waals surface area (Å²) >= 11 is 0. The third-order valence-electron chi connectivity index (χ3n) is 7.87. The maximum atomic E-state index is 13.1. The Hall–Kier alpha value is -2.58. The number of rotatable bonds is 12. The van der Waals surface area contributed by atoms with E-state index in [1.165, 1.54) is 10.4 Å². The Balaban J connectivity index is 1.51. The van der Waals surface area contributed by atoms with Crippen molar-refractivity contribution >= 4 is 35.6 Å². The van der Waals surface area contributed by atoms with E-state index >= 15 is 0 Å². The zero-order valence-corrected chi connectivity index (χ0v) is 27.1. The highest BCUT2D eigenvalue weighted by Crippen LogP contribution is 2.45. The van der Waals surface area contributed by atoms with E-state index in [1.807, 2.05) is 51.1 Å². The highest BCUT2D eigenvalue weighted by molar-refractivity contribution is 7.84. The van der Waals surface area contributed by atoms with Crippen molar-refractivity contribution in [2.75, 3.05) is 6.61 Å². The fraction of sp³-hybridized carbons (Fsp3) is 0.441. The quantitative estimate of drug-likeness (QED) is 0.215. The van der Waals surface area contributed by atoms with Gasteiger partial charge in [0.2, 0.25) is 0 Å². The monoisotopic (exact) mass is 591 g/mol. The van der Waals surface area contributed by atoms with Crippen LogP contribution in [-0.2, 0) is 31.5 Å². The molecule has 0 amide bonds. The number of benzene rings is 3. The molecule has 0 heterocycles. The standard InChI is InChI=1S/C34H45NO4SSi/c1-33(2,3)40(37)35-31(23-32(36)38-24-26-16-10-7-11-17-26)30-22-27(30)25-39-41(34(4,5)6,28-18-12-8-13-19-28)29-20-14-9-15-21-29/h7-21,27,30-31,35H,22-25H2,1-6H3/t27-,30+,31-,40+/m1/s1. The molecule has 1 aliphatic rings. The van der Waals surface area contributed by atoms with Gasteiger partial charge in [-0.1, -0.05) is 112 Å². The Morgan fingerprint density at radius 1 is 0.878 bits per heavy atom. The van der Waals surface area contributed by atoms with E-state index in [4.69, 9.17) is 9.16 Å². The summed E-state index contributed by atoms with van der Waals surface area (Å²) in [4.78, 5) is 12.9. The van der Waals surface area contributed by atoms with Crippen LogP contribution in [0.25, 0.3) is 0 Å². The minimum absolute atomic E-state index is 0.104. The predicted molar refractivity (Wildman–Crippen MR) is 171 cm³/mol. The molecule has 7 heteroatoms. The van der Waals surface area contributed by atoms with Crippen molar-refractivity contribution in [3.8, 4) is 0 Å². The zero-order valence-electron chi connectivity index (χ0n) is 25.3. The summed E-state index contributed by atoms with van der Waals surface area (Å²) in [7, 11) is -3.96. The second-order valence-corrected chi connectivity index (χ2v) is 19.4. The fourth-order valence-corrected chi connectivity index (χ4v) is 11.0. The molecule has 3 aromatic rings. The smallest absolute Gasteiger partial charge is 0.307 e. The van der Waals surface area contributed by atoms with Crippen LogP contribution in [0.3, 0.4) is 0 Å². The average molecular weight is 592 g/mol. The third kappa shape index (κ3) is 7.83. The molecular weight excluding hydrogens is 547 g/mol. The minimum Gasteiger partial charge on any atom is -0.461 e. The van der Waals surface area contributed by atoms with Gasteiger partial charge in [-0.05, 0) is 60.0 Å². The minimum atomic E-state index is -2.65. The summed E-state index contributed by atoms with van der Waals surface area (Å²) in [5.41, 5.74) is 0.951. The number of nitrogens with one attached hydrogen (secondary N) is 1. The average Bonchev–Trinajstić information content (AvgIpc) is 3.72. The predicted octanol–water partition coefficient (Wildman–Crippen LogP) is 5.75. The van der Waals surface area contributed by atoms with Crippen LogP contribution in [0, 0.1) is 11.8 Å². The van der Waals surface area contributed by atoms with Crippen LogP contribution in [-0.4, -0.2) is 35.9 Å². The van der Waals surface area contributed by atoms with Gasteiger partial charge >= 0.3 is 5.97 Å². The van der Waals surface area contributed by atoms with Gasteiger partial charge in [-0.25, -0.2) is 8.93 Å². The van der Waals surface area contributed by atoms with Crippen molar-refractivity contribution in [3.63, 3.8) is 0 Å². The fourth-order valence-electron chi connectivity index (χ4n) is 5.52. The molecule has 5 nitrogen and oxygen atoms in total. The number of ether oxygens (including phenoxy) is 1. The molecule has 220 valence electrons. The van der Waals surface area contributed by atoms with Crippen molar-refractivity contribution in [2.24, 2.45) is 11.8 Å². The van der Waals surface area contributed by atoms with E-state index < -0.39 is 24.1 Å². The third-order valence-corrected chi connectivity index (χ3v) is 14.5. The molecule has 1 saturated carbocycles. The lowest BCUT2D eigenvalue weighted by Gasteiger charge is -2.43. The molecule has 4 rings (SSSR count). The van der Waals surface area contributed by atoms with Crippen molar-refractivity contribution < 1.29 is 18.2 Å². The van der Waals surface area contributed by atoms with Crippen molar-refractivity contribution in [1.29, 1.82) is 0 Å². The summed E-state index contributed by atoms with van der Waals surface area (Å²) in [5, 5.41) is 2.40. The molecule has 3 aromatic carbocycles. The highest BCUT2D eigenvalue weighted by Gasteiger charge is 2.52. The molecular formula is C34H45NO4SSi. The first-order chi connectivity index (χ1) is 19.4. The lowest BCUT2D eigenvalue weighted by Crippen LogP contribution is -2.66. The Kier molecular flexibility index (Phi) is 10.1. The van der Waals surface area contributed by atoms with Gasteiger partial charge < -0.3 is 9.16 Å². The molecule has 0 aromatic heterocycles. The maximum absolute atomic E-state index is 13.1. The Bertz CT molecular complexity index is 1250. The number of hydrogen-bond acceptors (Lipinski definition) is 4. The van der Waals surface area contributed by atoms with Gasteiger partial charge in [0.05, 0.1) is 22.2 Å². The van der Waals surface area contributed by atoms with Gasteiger partial charge in [0, 0.05) is 12.6 Å². The summed E-state index contributed by atoms with van der Waals surface area (Å²) in [5.74, 6) is 0.174. The maximum Gasteiger partial charge on any atom is 0.307 e. The number of esters is 1. The molecule has 0 radical (unpaired) electrons. The van der Waals surface area contributed by atoms with E-state index in [2.05, 4.69) is 86.2 Å². The number of carbonyl (C=O) groups is 1. The Labute approximate surface area is 249 Å². The molecule has 0 spiro atoms. The first-order valence-corrected chi connectivity index (χ1v) is 17.6. The van der Waals surface area contributed by atoms with Gasteiger partial charge in [0.15, 0.2) is 0 Å². The van der Waals surface area contributed by atoms with Crippen molar-refractivity contribution in [1.82, 2.24) is 4.72 Å². The Morgan fingerprint density at radius 3 is 1.88 bits per heavy atom. The molecule has 4 atom stereocenters. The molecule has 1 fully saturated rings. The second kappa shape index (κ2) is 13.2. The van der Waals surface area contributed by atoms with E-state index in [0.717, 1.165) is 12.0 Å². The van der Waals surface area contributed by atoms with Crippen molar-refractivity contribution in [2.45, 2.75) is 76.8 Å². The summed E-state index contributed by atoms with van der Waals surface area (Å²) in [6.07, 6.45) is 1.10. The first kappa shape index (κ1) is 31.4. The van der Waals surface area contributed by atoms with E-state index in [-0.39, 0.29) is 41.9 Å². The normalized spacial score (nSPS) is 18.9. The summed E-state index contributed by atoms with van der Waals surface area (Å²) in [6.45, 7) is 13.5. The van der Waals surface area contributed by atoms with Gasteiger partial charge in [-0.3, -0.25) is 4.79 Å². The van der Waals surface area contributed by atoms with Gasteiger partial charge in [0.25, 0.3) is 8.32 Å².